The second kappa shape index (κ2) is 4.59. The van der Waals surface area contributed by atoms with Gasteiger partial charge in [-0.05, 0) is 31.1 Å². The summed E-state index contributed by atoms with van der Waals surface area (Å²) >= 11 is 0. The zero-order valence-corrected chi connectivity index (χ0v) is 9.78. The van der Waals surface area contributed by atoms with Gasteiger partial charge in [-0.2, -0.15) is 0 Å². The lowest BCUT2D eigenvalue weighted by Crippen LogP contribution is -2.47. The zero-order valence-electron chi connectivity index (χ0n) is 9.78. The van der Waals surface area contributed by atoms with Crippen LogP contribution in [0.2, 0.25) is 0 Å². The van der Waals surface area contributed by atoms with Crippen LogP contribution in [0.4, 0.5) is 0 Å². The van der Waals surface area contributed by atoms with Crippen molar-refractivity contribution in [1.29, 1.82) is 0 Å². The van der Waals surface area contributed by atoms with E-state index in [4.69, 9.17) is 15.7 Å². The van der Waals surface area contributed by atoms with Gasteiger partial charge in [0.25, 0.3) is 0 Å². The average Bonchev–Trinajstić information content (AvgIpc) is 2.96. The third-order valence-corrected chi connectivity index (χ3v) is 3.84. The summed E-state index contributed by atoms with van der Waals surface area (Å²) in [7, 11) is 1.77. The number of amidine groups is 1. The molecule has 2 rings (SSSR count). The van der Waals surface area contributed by atoms with Gasteiger partial charge in [-0.15, -0.1) is 0 Å². The predicted octanol–water partition coefficient (Wildman–Crippen LogP) is 0.670. The van der Waals surface area contributed by atoms with Gasteiger partial charge in [0.05, 0.1) is 6.10 Å². The Hall–Kier alpha value is -0.810. The Morgan fingerprint density at radius 1 is 1.56 bits per heavy atom. The van der Waals surface area contributed by atoms with E-state index in [0.29, 0.717) is 24.4 Å². The maximum atomic E-state index is 8.55. The van der Waals surface area contributed by atoms with Crippen molar-refractivity contribution in [2.75, 3.05) is 13.7 Å². The summed E-state index contributed by atoms with van der Waals surface area (Å²) in [5, 5.41) is 15.1. The van der Waals surface area contributed by atoms with E-state index in [1.54, 1.807) is 7.11 Å². The quantitative estimate of drug-likeness (QED) is 0.270. The molecule has 0 atom stereocenters. The van der Waals surface area contributed by atoms with Gasteiger partial charge in [-0.25, -0.2) is 0 Å². The SMILES string of the molecule is COC1CC(NCC2(CC(N)=NO)CC2)C1. The van der Waals surface area contributed by atoms with Crippen molar-refractivity contribution < 1.29 is 9.94 Å². The first kappa shape index (κ1) is 11.7. The van der Waals surface area contributed by atoms with Crippen LogP contribution < -0.4 is 11.1 Å². The first-order chi connectivity index (χ1) is 7.67. The predicted molar refractivity (Wildman–Crippen MR) is 61.5 cm³/mol. The topological polar surface area (TPSA) is 79.9 Å². The van der Waals surface area contributed by atoms with Gasteiger partial charge in [0, 0.05) is 26.1 Å². The van der Waals surface area contributed by atoms with Crippen molar-refractivity contribution in [3.05, 3.63) is 0 Å². The van der Waals surface area contributed by atoms with Crippen LogP contribution in [0.5, 0.6) is 0 Å². The number of hydrogen-bond donors (Lipinski definition) is 3. The molecule has 2 saturated carbocycles. The molecule has 2 aliphatic rings. The molecule has 16 heavy (non-hydrogen) atoms. The van der Waals surface area contributed by atoms with Crippen molar-refractivity contribution in [2.24, 2.45) is 16.3 Å². The van der Waals surface area contributed by atoms with E-state index in [1.165, 1.54) is 12.8 Å². The maximum absolute atomic E-state index is 8.55. The molecule has 0 aromatic carbocycles. The summed E-state index contributed by atoms with van der Waals surface area (Å²) in [6, 6.07) is 0.592. The highest BCUT2D eigenvalue weighted by atomic mass is 16.5. The van der Waals surface area contributed by atoms with Gasteiger partial charge in [0.1, 0.15) is 5.84 Å². The molecule has 0 aromatic heterocycles. The van der Waals surface area contributed by atoms with E-state index in [-0.39, 0.29) is 5.41 Å². The molecule has 2 aliphatic carbocycles. The lowest BCUT2D eigenvalue weighted by atomic mass is 9.88. The standard InChI is InChI=1S/C11H21N3O2/c1-16-9-4-8(5-9)13-7-11(2-3-11)6-10(12)14-15/h8-9,13,15H,2-7H2,1H3,(H2,12,14). The van der Waals surface area contributed by atoms with Crippen LogP contribution in [-0.4, -0.2) is 36.8 Å². The van der Waals surface area contributed by atoms with Crippen LogP contribution in [0.3, 0.4) is 0 Å². The zero-order chi connectivity index (χ0) is 11.6. The molecule has 0 radical (unpaired) electrons. The highest BCUT2D eigenvalue weighted by Crippen LogP contribution is 2.48. The van der Waals surface area contributed by atoms with Crippen LogP contribution in [-0.2, 0) is 4.74 Å². The third kappa shape index (κ3) is 2.65. The number of nitrogens with zero attached hydrogens (tertiary/aromatic N) is 1. The molecule has 0 amide bonds. The number of hydrogen-bond acceptors (Lipinski definition) is 4. The van der Waals surface area contributed by atoms with Crippen LogP contribution in [0.25, 0.3) is 0 Å². The number of nitrogens with two attached hydrogens (primary N) is 1. The third-order valence-electron chi connectivity index (χ3n) is 3.84. The summed E-state index contributed by atoms with van der Waals surface area (Å²) in [6.45, 7) is 0.977. The van der Waals surface area contributed by atoms with Gasteiger partial charge in [-0.3, -0.25) is 0 Å². The number of methoxy groups -OCH3 is 1. The van der Waals surface area contributed by atoms with E-state index in [1.807, 2.05) is 0 Å². The fourth-order valence-corrected chi connectivity index (χ4v) is 2.30. The Balaban J connectivity index is 1.66. The molecule has 5 nitrogen and oxygen atoms in total. The summed E-state index contributed by atoms with van der Waals surface area (Å²) in [5.41, 5.74) is 5.81. The molecule has 4 N–H and O–H groups in total. The van der Waals surface area contributed by atoms with Crippen LogP contribution in [0.1, 0.15) is 32.1 Å². The molecule has 0 aliphatic heterocycles. The monoisotopic (exact) mass is 227 g/mol. The second-order valence-electron chi connectivity index (χ2n) is 5.18. The van der Waals surface area contributed by atoms with Gasteiger partial charge < -0.3 is 21.0 Å². The molecule has 0 saturated heterocycles. The van der Waals surface area contributed by atoms with Gasteiger partial charge in [0.2, 0.25) is 0 Å². The summed E-state index contributed by atoms with van der Waals surface area (Å²) in [6.07, 6.45) is 5.72. The van der Waals surface area contributed by atoms with Gasteiger partial charge >= 0.3 is 0 Å². The Morgan fingerprint density at radius 2 is 2.25 bits per heavy atom. The molecule has 0 spiro atoms. The smallest absolute Gasteiger partial charge is 0.139 e. The van der Waals surface area contributed by atoms with Crippen molar-refractivity contribution >= 4 is 5.84 Å². The summed E-state index contributed by atoms with van der Waals surface area (Å²) in [5.74, 6) is 0.350. The Bertz CT molecular complexity index is 270. The number of ether oxygens (including phenoxy) is 1. The van der Waals surface area contributed by atoms with E-state index >= 15 is 0 Å². The van der Waals surface area contributed by atoms with Crippen LogP contribution in [0, 0.1) is 5.41 Å². The minimum absolute atomic E-state index is 0.258. The first-order valence-corrected chi connectivity index (χ1v) is 5.90. The Labute approximate surface area is 96.0 Å². The lowest BCUT2D eigenvalue weighted by molar-refractivity contribution is 0.0162. The van der Waals surface area contributed by atoms with Gasteiger partial charge in [-0.1, -0.05) is 5.16 Å². The first-order valence-electron chi connectivity index (χ1n) is 5.90. The lowest BCUT2D eigenvalue weighted by Gasteiger charge is -2.35. The molecule has 5 heteroatoms. The number of oxime groups is 1. The molecular formula is C11H21N3O2. The molecule has 2 fully saturated rings. The van der Waals surface area contributed by atoms with Crippen molar-refractivity contribution in [3.63, 3.8) is 0 Å². The normalized spacial score (nSPS) is 32.2. The Kier molecular flexibility index (Phi) is 3.35. The van der Waals surface area contributed by atoms with Crippen LogP contribution >= 0.6 is 0 Å². The van der Waals surface area contributed by atoms with E-state index in [2.05, 4.69) is 10.5 Å². The van der Waals surface area contributed by atoms with Crippen molar-refractivity contribution in [3.8, 4) is 0 Å². The highest BCUT2D eigenvalue weighted by Gasteiger charge is 2.44. The van der Waals surface area contributed by atoms with Crippen molar-refractivity contribution in [2.45, 2.75) is 44.2 Å². The van der Waals surface area contributed by atoms with E-state index < -0.39 is 0 Å². The average molecular weight is 227 g/mol. The highest BCUT2D eigenvalue weighted by molar-refractivity contribution is 5.80. The largest absolute Gasteiger partial charge is 0.409 e. The molecule has 92 valence electrons. The molecule has 0 heterocycles. The fraction of sp³-hybridized carbons (Fsp3) is 0.909. The Morgan fingerprint density at radius 3 is 2.75 bits per heavy atom. The fourth-order valence-electron chi connectivity index (χ4n) is 2.30. The molecule has 0 unspecified atom stereocenters. The summed E-state index contributed by atoms with van der Waals surface area (Å²) in [4.78, 5) is 0. The van der Waals surface area contributed by atoms with Crippen molar-refractivity contribution in [1.82, 2.24) is 5.32 Å². The minimum atomic E-state index is 0.258. The van der Waals surface area contributed by atoms with Crippen LogP contribution in [0.15, 0.2) is 5.16 Å². The molecule has 0 bridgehead atoms. The maximum Gasteiger partial charge on any atom is 0.139 e. The number of nitrogens with one attached hydrogen (secondary N) is 1. The van der Waals surface area contributed by atoms with Gasteiger partial charge in [0.15, 0.2) is 0 Å². The summed E-state index contributed by atoms with van der Waals surface area (Å²) < 4.78 is 5.23. The number of rotatable bonds is 6. The molecule has 0 aromatic rings. The minimum Gasteiger partial charge on any atom is -0.409 e. The van der Waals surface area contributed by atoms with E-state index in [0.717, 1.165) is 19.4 Å². The molecular weight excluding hydrogens is 206 g/mol. The van der Waals surface area contributed by atoms with E-state index in [9.17, 15) is 0 Å². The second-order valence-corrected chi connectivity index (χ2v) is 5.18.